The van der Waals surface area contributed by atoms with E-state index >= 15 is 0 Å². The fourth-order valence-corrected chi connectivity index (χ4v) is 2.02. The molecule has 0 aromatic heterocycles. The first-order valence-electron chi connectivity index (χ1n) is 7.28. The Bertz CT molecular complexity index is 839. The van der Waals surface area contributed by atoms with Crippen LogP contribution < -0.4 is 9.47 Å². The Kier molecular flexibility index (Phi) is 5.62. The lowest BCUT2D eigenvalue weighted by Gasteiger charge is -2.08. The number of hydrogen-bond donors (Lipinski definition) is 0. The average Bonchev–Trinajstić information content (AvgIpc) is 2.53. The van der Waals surface area contributed by atoms with Crippen molar-refractivity contribution in [1.29, 1.82) is 0 Å². The molecule has 0 saturated heterocycles. The zero-order chi connectivity index (χ0) is 18.4. The van der Waals surface area contributed by atoms with Gasteiger partial charge in [0.25, 0.3) is 5.69 Å². The number of carbonyl (C=O) groups excluding carboxylic acids is 2. The molecule has 0 radical (unpaired) electrons. The molecule has 0 fully saturated rings. The van der Waals surface area contributed by atoms with Gasteiger partial charge in [0.15, 0.2) is 0 Å². The molecule has 0 aliphatic heterocycles. The highest BCUT2D eigenvalue weighted by Gasteiger charge is 2.08. The van der Waals surface area contributed by atoms with Gasteiger partial charge < -0.3 is 9.47 Å². The van der Waals surface area contributed by atoms with Crippen molar-refractivity contribution in [1.82, 2.24) is 0 Å². The molecule has 0 saturated carbocycles. The van der Waals surface area contributed by atoms with Crippen LogP contribution in [-0.4, -0.2) is 16.9 Å². The third-order valence-electron chi connectivity index (χ3n) is 3.06. The average molecular weight is 341 g/mol. The number of nitro benzene ring substituents is 1. The van der Waals surface area contributed by atoms with Crippen LogP contribution in [0.1, 0.15) is 25.0 Å². The molecule has 0 aliphatic rings. The van der Waals surface area contributed by atoms with E-state index in [9.17, 15) is 19.7 Å². The second-order valence-corrected chi connectivity index (χ2v) is 5.07. The number of carbonyl (C=O) groups is 2. The van der Waals surface area contributed by atoms with E-state index in [-0.39, 0.29) is 17.2 Å². The molecule has 0 amide bonds. The van der Waals surface area contributed by atoms with Crippen LogP contribution in [0, 0.1) is 10.1 Å². The molecule has 128 valence electrons. The summed E-state index contributed by atoms with van der Waals surface area (Å²) >= 11 is 0. The van der Waals surface area contributed by atoms with Gasteiger partial charge in [0.1, 0.15) is 11.5 Å². The van der Waals surface area contributed by atoms with Crippen LogP contribution in [0.15, 0.2) is 42.5 Å². The van der Waals surface area contributed by atoms with Gasteiger partial charge in [-0.05, 0) is 29.8 Å². The number of ether oxygens (including phenoxy) is 2. The molecule has 7 nitrogen and oxygen atoms in total. The molecule has 2 aromatic rings. The normalized spacial score (nSPS) is 10.5. The number of rotatable bonds is 5. The molecule has 2 rings (SSSR count). The van der Waals surface area contributed by atoms with Gasteiger partial charge in [-0.15, -0.1) is 0 Å². The Labute approximate surface area is 143 Å². The molecule has 7 heteroatoms. The molecule has 0 N–H and O–H groups in total. The van der Waals surface area contributed by atoms with E-state index < -0.39 is 16.9 Å². The molecule has 0 heterocycles. The summed E-state index contributed by atoms with van der Waals surface area (Å²) in [7, 11) is 0. The van der Waals surface area contributed by atoms with Crippen LogP contribution in [0.4, 0.5) is 5.69 Å². The monoisotopic (exact) mass is 341 g/mol. The second kappa shape index (κ2) is 7.87. The van der Waals surface area contributed by atoms with Gasteiger partial charge in [-0.1, -0.05) is 12.2 Å². The lowest BCUT2D eigenvalue weighted by molar-refractivity contribution is -0.384. The molecule has 25 heavy (non-hydrogen) atoms. The van der Waals surface area contributed by atoms with E-state index in [0.717, 1.165) is 5.56 Å². The van der Waals surface area contributed by atoms with Crippen LogP contribution >= 0.6 is 0 Å². The summed E-state index contributed by atoms with van der Waals surface area (Å²) in [4.78, 5) is 32.5. The molecular weight excluding hydrogens is 326 g/mol. The van der Waals surface area contributed by atoms with Gasteiger partial charge in [-0.2, -0.15) is 0 Å². The summed E-state index contributed by atoms with van der Waals surface area (Å²) in [6, 6.07) is 10.7. The van der Waals surface area contributed by atoms with Crippen molar-refractivity contribution in [2.75, 3.05) is 0 Å². The predicted molar refractivity (Wildman–Crippen MR) is 91.1 cm³/mol. The van der Waals surface area contributed by atoms with Gasteiger partial charge in [0.2, 0.25) is 0 Å². The van der Waals surface area contributed by atoms with E-state index in [1.165, 1.54) is 32.0 Å². The summed E-state index contributed by atoms with van der Waals surface area (Å²) in [6.07, 6.45) is 3.41. The molecule has 0 atom stereocenters. The van der Waals surface area contributed by atoms with Crippen LogP contribution in [0.3, 0.4) is 0 Å². The maximum atomic E-state index is 11.3. The van der Waals surface area contributed by atoms with Crippen molar-refractivity contribution in [3.05, 3.63) is 63.7 Å². The molecule has 0 bridgehead atoms. The number of nitro groups is 1. The van der Waals surface area contributed by atoms with E-state index in [1.54, 1.807) is 36.4 Å². The van der Waals surface area contributed by atoms with E-state index in [2.05, 4.69) is 0 Å². The Morgan fingerprint density at radius 1 is 0.960 bits per heavy atom. The lowest BCUT2D eigenvalue weighted by Crippen LogP contribution is -2.05. The molecule has 2 aromatic carbocycles. The minimum Gasteiger partial charge on any atom is -0.427 e. The highest BCUT2D eigenvalue weighted by molar-refractivity contribution is 5.77. The maximum Gasteiger partial charge on any atom is 0.308 e. The van der Waals surface area contributed by atoms with Gasteiger partial charge in [-0.3, -0.25) is 19.7 Å². The first-order chi connectivity index (χ1) is 11.8. The number of benzene rings is 2. The van der Waals surface area contributed by atoms with Crippen molar-refractivity contribution in [3.8, 4) is 11.5 Å². The topological polar surface area (TPSA) is 95.7 Å². The minimum atomic E-state index is -0.509. The highest BCUT2D eigenvalue weighted by Crippen LogP contribution is 2.27. The summed E-state index contributed by atoms with van der Waals surface area (Å²) in [5.74, 6) is -0.492. The number of nitrogens with zero attached hydrogens (tertiary/aromatic N) is 1. The fourth-order valence-electron chi connectivity index (χ4n) is 2.02. The smallest absolute Gasteiger partial charge is 0.308 e. The van der Waals surface area contributed by atoms with Crippen molar-refractivity contribution in [2.24, 2.45) is 0 Å². The Morgan fingerprint density at radius 3 is 2.16 bits per heavy atom. The number of hydrogen-bond acceptors (Lipinski definition) is 6. The Balaban J connectivity index is 2.28. The largest absolute Gasteiger partial charge is 0.427 e. The van der Waals surface area contributed by atoms with Gasteiger partial charge in [0.05, 0.1) is 4.92 Å². The fraction of sp³-hybridized carbons (Fsp3) is 0.111. The molecule has 0 aliphatic carbocycles. The SMILES string of the molecule is CC(=O)Oc1ccc(/C=C/c2ccc([N+](=O)[O-])cc2)c(OC(C)=O)c1. The van der Waals surface area contributed by atoms with Crippen LogP contribution in [-0.2, 0) is 9.59 Å². The molecule has 0 unspecified atom stereocenters. The standard InChI is InChI=1S/C18H15NO6/c1-12(20)24-17-10-7-15(18(11-17)25-13(2)21)6-3-14-4-8-16(9-5-14)19(22)23/h3-11H,1-2H3/b6-3+. The zero-order valence-corrected chi connectivity index (χ0v) is 13.6. The maximum absolute atomic E-state index is 11.3. The number of esters is 2. The lowest BCUT2D eigenvalue weighted by atomic mass is 10.1. The van der Waals surface area contributed by atoms with E-state index in [0.29, 0.717) is 5.56 Å². The van der Waals surface area contributed by atoms with Gasteiger partial charge >= 0.3 is 11.9 Å². The first-order valence-corrected chi connectivity index (χ1v) is 7.28. The zero-order valence-electron chi connectivity index (χ0n) is 13.6. The molecule has 0 spiro atoms. The third kappa shape index (κ3) is 5.28. The van der Waals surface area contributed by atoms with Gasteiger partial charge in [-0.25, -0.2) is 0 Å². The highest BCUT2D eigenvalue weighted by atomic mass is 16.6. The van der Waals surface area contributed by atoms with Crippen molar-refractivity contribution in [2.45, 2.75) is 13.8 Å². The predicted octanol–water partition coefficient (Wildman–Crippen LogP) is 3.62. The van der Waals surface area contributed by atoms with Crippen LogP contribution in [0.5, 0.6) is 11.5 Å². The quantitative estimate of drug-likeness (QED) is 0.271. The van der Waals surface area contributed by atoms with Crippen molar-refractivity contribution < 1.29 is 24.0 Å². The van der Waals surface area contributed by atoms with Crippen molar-refractivity contribution in [3.63, 3.8) is 0 Å². The van der Waals surface area contributed by atoms with E-state index in [4.69, 9.17) is 9.47 Å². The number of non-ortho nitro benzene ring substituents is 1. The second-order valence-electron chi connectivity index (χ2n) is 5.07. The van der Waals surface area contributed by atoms with E-state index in [1.807, 2.05) is 0 Å². The Morgan fingerprint density at radius 2 is 1.60 bits per heavy atom. The van der Waals surface area contributed by atoms with Crippen molar-refractivity contribution >= 4 is 29.8 Å². The first kappa shape index (κ1) is 17.9. The summed E-state index contributed by atoms with van der Waals surface area (Å²) in [5.41, 5.74) is 1.33. The van der Waals surface area contributed by atoms with Gasteiger partial charge in [0, 0.05) is 37.6 Å². The molecular formula is C18H15NO6. The Hall–Kier alpha value is -3.48. The third-order valence-corrected chi connectivity index (χ3v) is 3.06. The van der Waals surface area contributed by atoms with Crippen LogP contribution in [0.25, 0.3) is 12.2 Å². The van der Waals surface area contributed by atoms with Crippen LogP contribution in [0.2, 0.25) is 0 Å². The summed E-state index contributed by atoms with van der Waals surface area (Å²) in [5, 5.41) is 10.7. The summed E-state index contributed by atoms with van der Waals surface area (Å²) in [6.45, 7) is 2.54. The minimum absolute atomic E-state index is 0.00323. The summed E-state index contributed by atoms with van der Waals surface area (Å²) < 4.78 is 10.1.